The minimum absolute atomic E-state index is 0.102. The van der Waals surface area contributed by atoms with Gasteiger partial charge in [0.05, 0.1) is 14.2 Å². The molecule has 3 aromatic rings. The van der Waals surface area contributed by atoms with Crippen molar-refractivity contribution in [3.8, 4) is 28.6 Å². The third kappa shape index (κ3) is 5.42. The Kier molecular flexibility index (Phi) is 7.26. The van der Waals surface area contributed by atoms with Gasteiger partial charge in [-0.2, -0.15) is 4.98 Å². The number of benzene rings is 2. The average molecular weight is 423 g/mol. The molecule has 0 aliphatic heterocycles. The molecule has 1 heterocycles. The molecule has 0 N–H and O–H groups in total. The first kappa shape index (κ1) is 21.9. The summed E-state index contributed by atoms with van der Waals surface area (Å²) in [4.78, 5) is 18.6. The third-order valence-corrected chi connectivity index (χ3v) is 4.58. The lowest BCUT2D eigenvalue weighted by Crippen LogP contribution is -2.34. The van der Waals surface area contributed by atoms with Crippen LogP contribution in [-0.2, 0) is 11.3 Å². The van der Waals surface area contributed by atoms with Crippen LogP contribution >= 0.6 is 0 Å². The number of amides is 1. The van der Waals surface area contributed by atoms with Crippen LogP contribution in [0.5, 0.6) is 17.2 Å². The summed E-state index contributed by atoms with van der Waals surface area (Å²) >= 11 is 0. The Bertz CT molecular complexity index is 1050. The second-order valence-corrected chi connectivity index (χ2v) is 6.70. The van der Waals surface area contributed by atoms with Crippen molar-refractivity contribution in [2.45, 2.75) is 13.5 Å². The summed E-state index contributed by atoms with van der Waals surface area (Å²) in [6.45, 7) is 6.01. The maximum Gasteiger partial charge on any atom is 0.261 e. The van der Waals surface area contributed by atoms with Gasteiger partial charge in [0.2, 0.25) is 11.7 Å². The lowest BCUT2D eigenvalue weighted by Gasteiger charge is -2.19. The summed E-state index contributed by atoms with van der Waals surface area (Å²) in [5.41, 5.74) is 1.67. The molecule has 0 saturated carbocycles. The molecule has 0 fully saturated rings. The highest BCUT2D eigenvalue weighted by Gasteiger charge is 2.19. The monoisotopic (exact) mass is 423 g/mol. The van der Waals surface area contributed by atoms with Crippen LogP contribution in [0, 0.1) is 6.92 Å². The summed E-state index contributed by atoms with van der Waals surface area (Å²) < 4.78 is 21.6. The molecule has 8 nitrogen and oxygen atoms in total. The number of rotatable bonds is 10. The van der Waals surface area contributed by atoms with Crippen LogP contribution in [0.1, 0.15) is 11.5 Å². The first-order chi connectivity index (χ1) is 15.0. The SMILES string of the molecule is C=CCN(Cc1nc(-c2ccc(OC)c(OC)c2)no1)C(=O)COc1ccccc1C. The van der Waals surface area contributed by atoms with Crippen molar-refractivity contribution < 1.29 is 23.5 Å². The number of nitrogens with zero attached hydrogens (tertiary/aromatic N) is 3. The fourth-order valence-corrected chi connectivity index (χ4v) is 2.93. The van der Waals surface area contributed by atoms with E-state index < -0.39 is 0 Å². The standard InChI is InChI=1S/C23H25N3O5/c1-5-12-26(22(27)15-30-18-9-7-6-8-16(18)2)14-21-24-23(25-31-21)17-10-11-19(28-3)20(13-17)29-4/h5-11,13H,1,12,14-15H2,2-4H3. The van der Waals surface area contributed by atoms with Crippen molar-refractivity contribution in [1.29, 1.82) is 0 Å². The third-order valence-electron chi connectivity index (χ3n) is 4.58. The molecular weight excluding hydrogens is 398 g/mol. The van der Waals surface area contributed by atoms with E-state index in [1.807, 2.05) is 31.2 Å². The minimum atomic E-state index is -0.214. The van der Waals surface area contributed by atoms with Gasteiger partial charge in [-0.05, 0) is 36.8 Å². The van der Waals surface area contributed by atoms with Crippen LogP contribution in [-0.4, -0.2) is 48.3 Å². The quantitative estimate of drug-likeness (QED) is 0.460. The lowest BCUT2D eigenvalue weighted by molar-refractivity contribution is -0.133. The molecule has 162 valence electrons. The summed E-state index contributed by atoms with van der Waals surface area (Å²) in [5.74, 6) is 2.31. The number of para-hydroxylation sites is 1. The minimum Gasteiger partial charge on any atom is -0.493 e. The number of aromatic nitrogens is 2. The maximum absolute atomic E-state index is 12.7. The van der Waals surface area contributed by atoms with Crippen molar-refractivity contribution in [3.05, 3.63) is 66.6 Å². The van der Waals surface area contributed by atoms with Gasteiger partial charge in [-0.25, -0.2) is 0 Å². The molecule has 31 heavy (non-hydrogen) atoms. The summed E-state index contributed by atoms with van der Waals surface area (Å²) in [6, 6.07) is 12.9. The van der Waals surface area contributed by atoms with Gasteiger partial charge >= 0.3 is 0 Å². The average Bonchev–Trinajstić information content (AvgIpc) is 3.26. The number of hydrogen-bond acceptors (Lipinski definition) is 7. The Hall–Kier alpha value is -3.81. The zero-order chi connectivity index (χ0) is 22.2. The Morgan fingerprint density at radius 2 is 1.90 bits per heavy atom. The van der Waals surface area contributed by atoms with E-state index in [-0.39, 0.29) is 19.1 Å². The van der Waals surface area contributed by atoms with Crippen molar-refractivity contribution >= 4 is 5.91 Å². The van der Waals surface area contributed by atoms with E-state index in [0.717, 1.165) is 5.56 Å². The van der Waals surface area contributed by atoms with Gasteiger partial charge in [0.1, 0.15) is 12.3 Å². The van der Waals surface area contributed by atoms with E-state index in [0.29, 0.717) is 41.1 Å². The zero-order valence-electron chi connectivity index (χ0n) is 17.8. The van der Waals surface area contributed by atoms with E-state index >= 15 is 0 Å². The highest BCUT2D eigenvalue weighted by atomic mass is 16.5. The van der Waals surface area contributed by atoms with Crippen molar-refractivity contribution in [1.82, 2.24) is 15.0 Å². The van der Waals surface area contributed by atoms with Gasteiger partial charge in [0, 0.05) is 12.1 Å². The molecule has 0 unspecified atom stereocenters. The normalized spacial score (nSPS) is 10.4. The van der Waals surface area contributed by atoms with Crippen molar-refractivity contribution in [3.63, 3.8) is 0 Å². The summed E-state index contributed by atoms with van der Waals surface area (Å²) in [5, 5.41) is 4.02. The number of carbonyl (C=O) groups excluding carboxylic acids is 1. The molecule has 2 aromatic carbocycles. The second-order valence-electron chi connectivity index (χ2n) is 6.70. The fraction of sp³-hybridized carbons (Fsp3) is 0.261. The Morgan fingerprint density at radius 3 is 2.61 bits per heavy atom. The lowest BCUT2D eigenvalue weighted by atomic mass is 10.2. The largest absolute Gasteiger partial charge is 0.493 e. The Balaban J connectivity index is 1.69. The summed E-state index contributed by atoms with van der Waals surface area (Å²) in [7, 11) is 3.12. The van der Waals surface area contributed by atoms with Crippen LogP contribution in [0.3, 0.4) is 0 Å². The van der Waals surface area contributed by atoms with E-state index in [4.69, 9.17) is 18.7 Å². The molecule has 3 rings (SSSR count). The maximum atomic E-state index is 12.7. The van der Waals surface area contributed by atoms with E-state index in [1.165, 1.54) is 4.90 Å². The van der Waals surface area contributed by atoms with E-state index in [9.17, 15) is 4.79 Å². The zero-order valence-corrected chi connectivity index (χ0v) is 17.8. The van der Waals surface area contributed by atoms with Gasteiger partial charge in [0.25, 0.3) is 5.91 Å². The fourth-order valence-electron chi connectivity index (χ4n) is 2.93. The predicted octanol–water partition coefficient (Wildman–Crippen LogP) is 3.66. The Morgan fingerprint density at radius 1 is 1.13 bits per heavy atom. The van der Waals surface area contributed by atoms with Gasteiger partial charge in [-0.3, -0.25) is 4.79 Å². The molecule has 0 spiro atoms. The number of carbonyl (C=O) groups is 1. The van der Waals surface area contributed by atoms with Gasteiger partial charge < -0.3 is 23.6 Å². The van der Waals surface area contributed by atoms with E-state index in [1.54, 1.807) is 38.5 Å². The van der Waals surface area contributed by atoms with Crippen LogP contribution in [0.4, 0.5) is 0 Å². The molecule has 1 aromatic heterocycles. The first-order valence-electron chi connectivity index (χ1n) is 9.67. The summed E-state index contributed by atoms with van der Waals surface area (Å²) in [6.07, 6.45) is 1.64. The number of hydrogen-bond donors (Lipinski definition) is 0. The molecular formula is C23H25N3O5. The van der Waals surface area contributed by atoms with Gasteiger partial charge in [-0.15, -0.1) is 6.58 Å². The second kappa shape index (κ2) is 10.3. The molecule has 0 saturated heterocycles. The van der Waals surface area contributed by atoms with Crippen LogP contribution in [0.2, 0.25) is 0 Å². The molecule has 0 atom stereocenters. The molecule has 0 radical (unpaired) electrons. The highest BCUT2D eigenvalue weighted by Crippen LogP contribution is 2.31. The van der Waals surface area contributed by atoms with Crippen molar-refractivity contribution in [2.24, 2.45) is 0 Å². The number of ether oxygens (including phenoxy) is 3. The van der Waals surface area contributed by atoms with Crippen LogP contribution in [0.25, 0.3) is 11.4 Å². The van der Waals surface area contributed by atoms with E-state index in [2.05, 4.69) is 16.7 Å². The number of aryl methyl sites for hydroxylation is 1. The predicted molar refractivity (Wildman–Crippen MR) is 115 cm³/mol. The van der Waals surface area contributed by atoms with Gasteiger partial charge in [-0.1, -0.05) is 29.4 Å². The molecule has 1 amide bonds. The smallest absolute Gasteiger partial charge is 0.261 e. The topological polar surface area (TPSA) is 86.9 Å². The first-order valence-corrected chi connectivity index (χ1v) is 9.67. The molecule has 0 aliphatic carbocycles. The van der Waals surface area contributed by atoms with Crippen molar-refractivity contribution in [2.75, 3.05) is 27.4 Å². The van der Waals surface area contributed by atoms with Crippen LogP contribution < -0.4 is 14.2 Å². The number of methoxy groups -OCH3 is 2. The highest BCUT2D eigenvalue weighted by molar-refractivity contribution is 5.78. The molecule has 8 heteroatoms. The molecule has 0 bridgehead atoms. The van der Waals surface area contributed by atoms with Crippen LogP contribution in [0.15, 0.2) is 59.6 Å². The Labute approximate surface area is 181 Å². The van der Waals surface area contributed by atoms with Gasteiger partial charge in [0.15, 0.2) is 18.1 Å². The molecule has 0 aliphatic rings.